The fourth-order valence-corrected chi connectivity index (χ4v) is 2.23. The third-order valence-electron chi connectivity index (χ3n) is 3.52. The average Bonchev–Trinajstić information content (AvgIpc) is 3.03. The monoisotopic (exact) mass is 304 g/mol. The Kier molecular flexibility index (Phi) is 2.57. The van der Waals surface area contributed by atoms with Gasteiger partial charge in [-0.05, 0) is 23.3 Å². The maximum atomic E-state index is 12.1. The lowest BCUT2D eigenvalue weighted by Gasteiger charge is -2.08. The Bertz CT molecular complexity index is 902. The summed E-state index contributed by atoms with van der Waals surface area (Å²) in [5.74, 6) is 0.334. The normalized spacial score (nSPS) is 15.0. The molecule has 0 atom stereocenters. The molecule has 10 heteroatoms. The van der Waals surface area contributed by atoms with E-state index in [4.69, 9.17) is 6.15 Å². The van der Waals surface area contributed by atoms with Gasteiger partial charge in [0.2, 0.25) is 5.88 Å². The van der Waals surface area contributed by atoms with Crippen LogP contribution in [0.5, 0.6) is 5.88 Å². The van der Waals surface area contributed by atoms with Crippen molar-refractivity contribution in [3.8, 4) is 11.6 Å². The quantitative estimate of drug-likeness (QED) is 0.699. The van der Waals surface area contributed by atoms with E-state index in [-0.39, 0.29) is 12.3 Å². The van der Waals surface area contributed by atoms with Crippen LogP contribution in [0.25, 0.3) is 5.69 Å². The standard InChI is InChI=1S/C12H14N8O2/c1-18-12(21)20(17-16-18)9-6-14-19(8-2-3-8)10(9)7-22-11-4-5-13-15-11/h4-6,8H,2-3,7H2,1H3,(H,13,15)/i/hT. The summed E-state index contributed by atoms with van der Waals surface area (Å²) in [7, 11) is 1.54. The van der Waals surface area contributed by atoms with Gasteiger partial charge < -0.3 is 4.74 Å². The van der Waals surface area contributed by atoms with E-state index in [0.29, 0.717) is 17.6 Å². The smallest absolute Gasteiger partial charge is 0.368 e. The first-order valence-electron chi connectivity index (χ1n) is 7.31. The number of aromatic amines is 1. The van der Waals surface area contributed by atoms with Crippen LogP contribution in [-0.4, -0.2) is 39.8 Å². The maximum Gasteiger partial charge on any atom is 0.368 e. The van der Waals surface area contributed by atoms with E-state index in [1.165, 1.54) is 17.9 Å². The van der Waals surface area contributed by atoms with Crippen LogP contribution in [0.2, 0.25) is 1.41 Å². The highest BCUT2D eigenvalue weighted by Gasteiger charge is 2.29. The van der Waals surface area contributed by atoms with Crippen LogP contribution in [0.3, 0.4) is 0 Å². The predicted molar refractivity (Wildman–Crippen MR) is 73.6 cm³/mol. The molecule has 3 heterocycles. The van der Waals surface area contributed by atoms with Gasteiger partial charge in [0, 0.05) is 19.3 Å². The molecule has 3 aromatic rings. The molecule has 10 nitrogen and oxygen atoms in total. The molecule has 1 fully saturated rings. The molecule has 1 aliphatic rings. The molecule has 0 bridgehead atoms. The minimum absolute atomic E-state index is 0.172. The van der Waals surface area contributed by atoms with Crippen LogP contribution in [0.1, 0.15) is 24.6 Å². The van der Waals surface area contributed by atoms with Gasteiger partial charge in [-0.1, -0.05) is 0 Å². The first kappa shape index (κ1) is 11.7. The molecule has 1 aliphatic carbocycles. The summed E-state index contributed by atoms with van der Waals surface area (Å²) in [4.78, 5) is 12.1. The molecule has 22 heavy (non-hydrogen) atoms. The molecule has 114 valence electrons. The zero-order valence-electron chi connectivity index (χ0n) is 12.8. The van der Waals surface area contributed by atoms with Gasteiger partial charge >= 0.3 is 5.69 Å². The lowest BCUT2D eigenvalue weighted by Crippen LogP contribution is -2.23. The van der Waals surface area contributed by atoms with Gasteiger partial charge in [-0.3, -0.25) is 9.77 Å². The number of hydrogen-bond acceptors (Lipinski definition) is 6. The van der Waals surface area contributed by atoms with Crippen LogP contribution in [0.15, 0.2) is 23.3 Å². The largest absolute Gasteiger partial charge is 0.470 e. The molecule has 0 aromatic carbocycles. The molecule has 3 aromatic heterocycles. The third kappa shape index (κ3) is 2.08. The van der Waals surface area contributed by atoms with Gasteiger partial charge in [0.05, 0.1) is 12.2 Å². The van der Waals surface area contributed by atoms with Crippen molar-refractivity contribution in [2.24, 2.45) is 7.05 Å². The van der Waals surface area contributed by atoms with Gasteiger partial charge in [0.1, 0.15) is 18.0 Å². The molecule has 1 N–H and O–H groups in total. The molecule has 0 amide bonds. The number of nitrogens with zero attached hydrogens (tertiary/aromatic N) is 7. The summed E-state index contributed by atoms with van der Waals surface area (Å²) in [5, 5.41) is 16.7. The van der Waals surface area contributed by atoms with Gasteiger partial charge in [-0.25, -0.2) is 4.79 Å². The van der Waals surface area contributed by atoms with Crippen LogP contribution in [0.4, 0.5) is 0 Å². The highest BCUT2D eigenvalue weighted by atomic mass is 16.5. The molecule has 0 unspecified atom stereocenters. The molecular weight excluding hydrogens is 288 g/mol. The molecular formula is C12H14N8O2. The Balaban J connectivity index is 1.69. The number of H-pyrrole nitrogens is 1. The fourth-order valence-electron chi connectivity index (χ4n) is 2.23. The summed E-state index contributed by atoms with van der Waals surface area (Å²) in [6.45, 7) is 0.172. The second kappa shape index (κ2) is 4.83. The lowest BCUT2D eigenvalue weighted by atomic mass is 10.3. The minimum atomic E-state index is -0.350. The zero-order valence-corrected chi connectivity index (χ0v) is 11.8. The third-order valence-corrected chi connectivity index (χ3v) is 3.52. The Morgan fingerprint density at radius 1 is 1.50 bits per heavy atom. The van der Waals surface area contributed by atoms with E-state index in [9.17, 15) is 4.79 Å². The molecule has 0 saturated heterocycles. The van der Waals surface area contributed by atoms with Crippen LogP contribution < -0.4 is 10.4 Å². The van der Waals surface area contributed by atoms with Crippen molar-refractivity contribution in [3.05, 3.63) is 34.6 Å². The van der Waals surface area contributed by atoms with Gasteiger partial charge in [-0.2, -0.15) is 14.5 Å². The summed E-state index contributed by atoms with van der Waals surface area (Å²) < 4.78 is 17.2. The van der Waals surface area contributed by atoms with Crippen molar-refractivity contribution in [3.63, 3.8) is 0 Å². The fraction of sp³-hybridized carbons (Fsp3) is 0.417. The van der Waals surface area contributed by atoms with Crippen molar-refractivity contribution in [1.29, 1.82) is 0 Å². The van der Waals surface area contributed by atoms with Crippen LogP contribution in [-0.2, 0) is 13.7 Å². The van der Waals surface area contributed by atoms with Crippen molar-refractivity contribution in [2.45, 2.75) is 25.5 Å². The first-order valence-corrected chi connectivity index (χ1v) is 6.87. The first-order chi connectivity index (χ1) is 11.1. The Hall–Kier alpha value is -2.91. The summed E-state index contributed by atoms with van der Waals surface area (Å²) in [6, 6.07) is 1.92. The predicted octanol–water partition coefficient (Wildman–Crippen LogP) is -0.201. The van der Waals surface area contributed by atoms with Gasteiger partial charge in [-0.15, -0.1) is 5.10 Å². The number of hydrogen-bond donors (Lipinski definition) is 1. The number of aryl methyl sites for hydroxylation is 1. The van der Waals surface area contributed by atoms with E-state index in [0.717, 1.165) is 28.3 Å². The summed E-state index contributed by atoms with van der Waals surface area (Å²) in [6.07, 6.45) is 5.16. The van der Waals surface area contributed by atoms with Crippen molar-refractivity contribution in [1.82, 2.24) is 39.8 Å². The highest BCUT2D eigenvalue weighted by Crippen LogP contribution is 2.36. The van der Waals surface area contributed by atoms with E-state index in [2.05, 4.69) is 20.6 Å². The number of tetrazole rings is 1. The second-order valence-electron chi connectivity index (χ2n) is 5.11. The minimum Gasteiger partial charge on any atom is -0.470 e. The Labute approximate surface area is 125 Å². The number of ether oxygens (including phenoxy) is 1. The van der Waals surface area contributed by atoms with Crippen molar-refractivity contribution >= 4 is 0 Å². The van der Waals surface area contributed by atoms with Gasteiger partial charge in [0.25, 0.3) is 0 Å². The number of nitrogens with one attached hydrogen (secondary N) is 1. The topological polar surface area (TPSA) is 108 Å². The maximum absolute atomic E-state index is 12.1. The van der Waals surface area contributed by atoms with E-state index >= 15 is 0 Å². The number of aromatic nitrogens is 8. The Morgan fingerprint density at radius 2 is 2.36 bits per heavy atom. The van der Waals surface area contributed by atoms with Crippen LogP contribution in [0, 0.1) is 0 Å². The average molecular weight is 304 g/mol. The Morgan fingerprint density at radius 3 is 3.00 bits per heavy atom. The number of rotatable bonds is 5. The van der Waals surface area contributed by atoms with E-state index < -0.39 is 0 Å². The molecule has 0 aliphatic heterocycles. The SMILES string of the molecule is [3H]n1ccc(OCc2c(-n3nnn(C)c3=O)cnn2C2CC2)n1. The van der Waals surface area contributed by atoms with E-state index in [1.54, 1.807) is 12.3 Å². The highest BCUT2D eigenvalue weighted by molar-refractivity contribution is 5.34. The molecule has 1 saturated carbocycles. The lowest BCUT2D eigenvalue weighted by molar-refractivity contribution is 0.279. The van der Waals surface area contributed by atoms with E-state index in [1.807, 2.05) is 4.68 Å². The summed E-state index contributed by atoms with van der Waals surface area (Å²) in [5.41, 5.74) is 0.923. The second-order valence-corrected chi connectivity index (χ2v) is 5.11. The molecule has 0 spiro atoms. The van der Waals surface area contributed by atoms with Crippen molar-refractivity contribution in [2.75, 3.05) is 0 Å². The van der Waals surface area contributed by atoms with Crippen LogP contribution >= 0.6 is 0 Å². The summed E-state index contributed by atoms with van der Waals surface area (Å²) >= 11 is 0. The van der Waals surface area contributed by atoms with Crippen molar-refractivity contribution < 1.29 is 6.15 Å². The molecule has 4 rings (SSSR count). The molecule has 0 radical (unpaired) electrons. The zero-order chi connectivity index (χ0) is 16.0. The van der Waals surface area contributed by atoms with Gasteiger partial charge in [0.15, 0.2) is 1.41 Å².